The summed E-state index contributed by atoms with van der Waals surface area (Å²) < 4.78 is 0. The third-order valence-electron chi connectivity index (χ3n) is 4.75. The van der Waals surface area contributed by atoms with Crippen LogP contribution in [-0.4, -0.2) is 51.8 Å². The lowest BCUT2D eigenvalue weighted by Crippen LogP contribution is -2.48. The number of amides is 2. The van der Waals surface area contributed by atoms with E-state index in [1.807, 2.05) is 38.1 Å². The van der Waals surface area contributed by atoms with Gasteiger partial charge in [0.15, 0.2) is 0 Å². The molecule has 0 aliphatic carbocycles. The molecule has 1 atom stereocenters. The average molecular weight is 346 g/mol. The van der Waals surface area contributed by atoms with E-state index in [2.05, 4.69) is 0 Å². The van der Waals surface area contributed by atoms with E-state index in [1.165, 1.54) is 4.90 Å². The number of nitrogens with zero attached hydrogens (tertiary/aromatic N) is 2. The second-order valence-electron chi connectivity index (χ2n) is 6.27. The van der Waals surface area contributed by atoms with Crippen molar-refractivity contribution in [3.8, 4) is 0 Å². The fourth-order valence-corrected chi connectivity index (χ4v) is 3.27. The number of carbonyl (C=O) groups excluding carboxylic acids is 2. The van der Waals surface area contributed by atoms with Gasteiger partial charge in [0.1, 0.15) is 6.04 Å². The molecule has 2 amide bonds. The second kappa shape index (κ2) is 8.65. The van der Waals surface area contributed by atoms with E-state index in [-0.39, 0.29) is 18.2 Å². The lowest BCUT2D eigenvalue weighted by molar-refractivity contribution is -0.151. The van der Waals surface area contributed by atoms with E-state index in [0.717, 1.165) is 11.1 Å². The molecule has 0 fully saturated rings. The van der Waals surface area contributed by atoms with Crippen LogP contribution < -0.4 is 0 Å². The lowest BCUT2D eigenvalue weighted by atomic mass is 9.93. The van der Waals surface area contributed by atoms with E-state index in [4.69, 9.17) is 0 Å². The van der Waals surface area contributed by atoms with Crippen LogP contribution in [0.2, 0.25) is 0 Å². The highest BCUT2D eigenvalue weighted by Crippen LogP contribution is 2.24. The van der Waals surface area contributed by atoms with E-state index in [0.29, 0.717) is 38.9 Å². The maximum absolute atomic E-state index is 12.6. The molecule has 2 rings (SSSR count). The Morgan fingerprint density at radius 3 is 2.36 bits per heavy atom. The second-order valence-corrected chi connectivity index (χ2v) is 6.27. The Labute approximate surface area is 148 Å². The van der Waals surface area contributed by atoms with Gasteiger partial charge in [0.05, 0.1) is 0 Å². The summed E-state index contributed by atoms with van der Waals surface area (Å²) in [4.78, 5) is 39.3. The fraction of sp³-hybridized carbons (Fsp3) is 0.526. The van der Waals surface area contributed by atoms with Gasteiger partial charge < -0.3 is 14.9 Å². The summed E-state index contributed by atoms with van der Waals surface area (Å²) in [7, 11) is 0. The molecule has 1 unspecified atom stereocenters. The molecule has 1 aromatic carbocycles. The zero-order chi connectivity index (χ0) is 18.4. The molecule has 1 heterocycles. The molecule has 1 aliphatic rings. The summed E-state index contributed by atoms with van der Waals surface area (Å²) in [5.74, 6) is -1.15. The molecule has 0 radical (unpaired) electrons. The van der Waals surface area contributed by atoms with Crippen molar-refractivity contribution >= 4 is 17.8 Å². The van der Waals surface area contributed by atoms with E-state index in [1.54, 1.807) is 4.90 Å². The van der Waals surface area contributed by atoms with Gasteiger partial charge in [-0.25, -0.2) is 4.79 Å². The molecule has 0 aromatic heterocycles. The highest BCUT2D eigenvalue weighted by molar-refractivity contribution is 5.85. The van der Waals surface area contributed by atoms with Crippen LogP contribution in [0.3, 0.4) is 0 Å². The summed E-state index contributed by atoms with van der Waals surface area (Å²) in [6.07, 6.45) is 1.28. The Morgan fingerprint density at radius 1 is 1.12 bits per heavy atom. The normalized spacial score (nSPS) is 16.2. The third-order valence-corrected chi connectivity index (χ3v) is 4.75. The predicted octanol–water partition coefficient (Wildman–Crippen LogP) is 2.06. The number of carboxylic acids is 1. The largest absolute Gasteiger partial charge is 0.480 e. The van der Waals surface area contributed by atoms with Crippen molar-refractivity contribution in [2.24, 2.45) is 0 Å². The minimum absolute atomic E-state index is 0.0385. The van der Waals surface area contributed by atoms with Gasteiger partial charge in [-0.15, -0.1) is 0 Å². The quantitative estimate of drug-likeness (QED) is 0.820. The van der Waals surface area contributed by atoms with Crippen molar-refractivity contribution < 1.29 is 19.5 Å². The van der Waals surface area contributed by atoms with Crippen molar-refractivity contribution in [2.45, 2.75) is 52.1 Å². The molecule has 0 bridgehead atoms. The molecule has 1 aromatic rings. The van der Waals surface area contributed by atoms with Gasteiger partial charge in [-0.3, -0.25) is 9.59 Å². The topological polar surface area (TPSA) is 77.9 Å². The number of hydrogen-bond acceptors (Lipinski definition) is 3. The van der Waals surface area contributed by atoms with Gasteiger partial charge in [-0.05, 0) is 31.4 Å². The number of carboxylic acid groups (broad SMARTS) is 1. The van der Waals surface area contributed by atoms with E-state index in [9.17, 15) is 19.5 Å². The standard InChI is InChI=1S/C19H26N2O4/c1-3-20(4-2)17(22)10-7-11-18(23)21-13-15-9-6-5-8-14(15)12-16(21)19(24)25/h5-6,8-9,16H,3-4,7,10-13H2,1-2H3,(H,24,25). The highest BCUT2D eigenvalue weighted by atomic mass is 16.4. The molecule has 25 heavy (non-hydrogen) atoms. The van der Waals surface area contributed by atoms with Gasteiger partial charge in [-0.2, -0.15) is 0 Å². The summed E-state index contributed by atoms with van der Waals surface area (Å²) in [5, 5.41) is 9.48. The van der Waals surface area contributed by atoms with Crippen LogP contribution in [0.5, 0.6) is 0 Å². The molecule has 0 saturated heterocycles. The number of benzene rings is 1. The Bertz CT molecular complexity index is 640. The fourth-order valence-electron chi connectivity index (χ4n) is 3.27. The lowest BCUT2D eigenvalue weighted by Gasteiger charge is -2.34. The molecular weight excluding hydrogens is 320 g/mol. The zero-order valence-electron chi connectivity index (χ0n) is 14.9. The minimum Gasteiger partial charge on any atom is -0.480 e. The maximum atomic E-state index is 12.6. The number of fused-ring (bicyclic) bond motifs is 1. The van der Waals surface area contributed by atoms with Gasteiger partial charge in [0, 0.05) is 38.9 Å². The van der Waals surface area contributed by atoms with Crippen LogP contribution in [0.25, 0.3) is 0 Å². The van der Waals surface area contributed by atoms with Crippen LogP contribution >= 0.6 is 0 Å². The van der Waals surface area contributed by atoms with Crippen molar-refractivity contribution in [1.82, 2.24) is 9.80 Å². The van der Waals surface area contributed by atoms with Gasteiger partial charge >= 0.3 is 5.97 Å². The van der Waals surface area contributed by atoms with Gasteiger partial charge in [0.2, 0.25) is 11.8 Å². The monoisotopic (exact) mass is 346 g/mol. The van der Waals surface area contributed by atoms with Gasteiger partial charge in [-0.1, -0.05) is 24.3 Å². The van der Waals surface area contributed by atoms with Crippen molar-refractivity contribution in [3.05, 3.63) is 35.4 Å². The number of rotatable bonds is 7. The molecule has 6 nitrogen and oxygen atoms in total. The van der Waals surface area contributed by atoms with Crippen LogP contribution in [0.15, 0.2) is 24.3 Å². The minimum atomic E-state index is -0.984. The van der Waals surface area contributed by atoms with Crippen LogP contribution in [0.4, 0.5) is 0 Å². The van der Waals surface area contributed by atoms with Gasteiger partial charge in [0.25, 0.3) is 0 Å². The van der Waals surface area contributed by atoms with E-state index < -0.39 is 12.0 Å². The molecular formula is C19H26N2O4. The molecule has 136 valence electrons. The number of hydrogen-bond donors (Lipinski definition) is 1. The van der Waals surface area contributed by atoms with E-state index >= 15 is 0 Å². The molecule has 6 heteroatoms. The SMILES string of the molecule is CCN(CC)C(=O)CCCC(=O)N1Cc2ccccc2CC1C(=O)O. The summed E-state index contributed by atoms with van der Waals surface area (Å²) >= 11 is 0. The first kappa shape index (κ1) is 19.0. The summed E-state index contributed by atoms with van der Waals surface area (Å²) in [6.45, 7) is 5.49. The number of carbonyl (C=O) groups is 3. The Balaban J connectivity index is 1.97. The molecule has 1 N–H and O–H groups in total. The Morgan fingerprint density at radius 2 is 1.76 bits per heavy atom. The average Bonchev–Trinajstić information content (AvgIpc) is 2.61. The molecule has 0 spiro atoms. The molecule has 0 saturated carbocycles. The van der Waals surface area contributed by atoms with Crippen LogP contribution in [-0.2, 0) is 27.3 Å². The highest BCUT2D eigenvalue weighted by Gasteiger charge is 2.34. The van der Waals surface area contributed by atoms with Crippen molar-refractivity contribution in [2.75, 3.05) is 13.1 Å². The zero-order valence-corrected chi connectivity index (χ0v) is 14.9. The first-order chi connectivity index (χ1) is 12.0. The summed E-state index contributed by atoms with van der Waals surface area (Å²) in [5.41, 5.74) is 1.98. The van der Waals surface area contributed by atoms with Crippen molar-refractivity contribution in [1.29, 1.82) is 0 Å². The first-order valence-corrected chi connectivity index (χ1v) is 8.84. The Kier molecular flexibility index (Phi) is 6.56. The summed E-state index contributed by atoms with van der Waals surface area (Å²) in [6, 6.07) is 6.79. The Hall–Kier alpha value is -2.37. The van der Waals surface area contributed by atoms with Crippen molar-refractivity contribution in [3.63, 3.8) is 0 Å². The first-order valence-electron chi connectivity index (χ1n) is 8.84. The van der Waals surface area contributed by atoms with Crippen LogP contribution in [0.1, 0.15) is 44.2 Å². The van der Waals surface area contributed by atoms with Crippen LogP contribution in [0, 0.1) is 0 Å². The smallest absolute Gasteiger partial charge is 0.326 e. The number of aliphatic carboxylic acids is 1. The third kappa shape index (κ3) is 4.59. The molecule has 1 aliphatic heterocycles. The predicted molar refractivity (Wildman–Crippen MR) is 93.9 cm³/mol. The maximum Gasteiger partial charge on any atom is 0.326 e.